The normalized spacial score (nSPS) is 10.3. The van der Waals surface area contributed by atoms with E-state index in [0.29, 0.717) is 21.4 Å². The number of benzene rings is 2. The van der Waals surface area contributed by atoms with Gasteiger partial charge in [-0.15, -0.1) is 11.8 Å². The van der Waals surface area contributed by atoms with E-state index in [0.717, 1.165) is 4.47 Å². The molecular formula is C13H9BrClNO3S. The van der Waals surface area contributed by atoms with Gasteiger partial charge in [-0.3, -0.25) is 10.1 Å². The van der Waals surface area contributed by atoms with Crippen molar-refractivity contribution in [3.63, 3.8) is 0 Å². The molecule has 2 aromatic carbocycles. The number of thioether (sulfide) groups is 1. The van der Waals surface area contributed by atoms with E-state index in [1.54, 1.807) is 30.5 Å². The summed E-state index contributed by atoms with van der Waals surface area (Å²) < 4.78 is 6.50. The van der Waals surface area contributed by atoms with Gasteiger partial charge in [0.15, 0.2) is 0 Å². The number of nitrogens with zero attached hydrogens (tertiary/aromatic N) is 1. The van der Waals surface area contributed by atoms with Crippen molar-refractivity contribution < 1.29 is 9.66 Å². The highest BCUT2D eigenvalue weighted by Crippen LogP contribution is 2.35. The van der Waals surface area contributed by atoms with Gasteiger partial charge < -0.3 is 4.74 Å². The Labute approximate surface area is 133 Å². The average Bonchev–Trinajstić information content (AvgIpc) is 2.41. The summed E-state index contributed by atoms with van der Waals surface area (Å²) in [5.41, 5.74) is 0.0618. The topological polar surface area (TPSA) is 52.4 Å². The van der Waals surface area contributed by atoms with Gasteiger partial charge >= 0.3 is 0 Å². The van der Waals surface area contributed by atoms with Crippen molar-refractivity contribution in [3.8, 4) is 11.5 Å². The minimum absolute atomic E-state index is 0.0618. The molecule has 0 aliphatic carbocycles. The SMILES string of the molecule is CSc1cc(Oc2ccc(Br)cc2Cl)ccc1[N+](=O)[O-]. The summed E-state index contributed by atoms with van der Waals surface area (Å²) in [7, 11) is 0. The molecule has 0 fully saturated rings. The molecule has 0 radical (unpaired) electrons. The Morgan fingerprint density at radius 1 is 1.30 bits per heavy atom. The average molecular weight is 375 g/mol. The number of nitro groups is 1. The summed E-state index contributed by atoms with van der Waals surface area (Å²) in [6.07, 6.45) is 1.78. The summed E-state index contributed by atoms with van der Waals surface area (Å²) in [6.45, 7) is 0. The standard InChI is InChI=1S/C13H9BrClNO3S/c1-20-13-7-9(3-4-11(13)16(17)18)19-12-5-2-8(14)6-10(12)15/h2-7H,1H3. The second kappa shape index (κ2) is 6.47. The third-order valence-corrected chi connectivity index (χ3v) is 4.03. The first-order chi connectivity index (χ1) is 9.51. The Hall–Kier alpha value is -1.24. The first kappa shape index (κ1) is 15.2. The fourth-order valence-corrected chi connectivity index (χ4v) is 2.85. The lowest BCUT2D eigenvalue weighted by molar-refractivity contribution is -0.387. The molecule has 0 atom stereocenters. The maximum atomic E-state index is 10.9. The summed E-state index contributed by atoms with van der Waals surface area (Å²) in [5.74, 6) is 1.000. The third-order valence-electron chi connectivity index (χ3n) is 2.47. The van der Waals surface area contributed by atoms with Crippen LogP contribution < -0.4 is 4.74 Å². The molecule has 20 heavy (non-hydrogen) atoms. The van der Waals surface area contributed by atoms with Crippen LogP contribution >= 0.6 is 39.3 Å². The van der Waals surface area contributed by atoms with Gasteiger partial charge in [-0.25, -0.2) is 0 Å². The van der Waals surface area contributed by atoms with Crippen LogP contribution in [0.25, 0.3) is 0 Å². The molecule has 0 bridgehead atoms. The Morgan fingerprint density at radius 3 is 2.65 bits per heavy atom. The van der Waals surface area contributed by atoms with E-state index in [2.05, 4.69) is 15.9 Å². The van der Waals surface area contributed by atoms with Gasteiger partial charge in [0.05, 0.1) is 14.8 Å². The number of hydrogen-bond donors (Lipinski definition) is 0. The van der Waals surface area contributed by atoms with Crippen LogP contribution in [0.15, 0.2) is 45.8 Å². The van der Waals surface area contributed by atoms with Crippen molar-refractivity contribution in [1.29, 1.82) is 0 Å². The second-order valence-corrected chi connectivity index (χ2v) is 5.94. The van der Waals surface area contributed by atoms with Gasteiger partial charge in [-0.1, -0.05) is 27.5 Å². The van der Waals surface area contributed by atoms with E-state index >= 15 is 0 Å². The summed E-state index contributed by atoms with van der Waals surface area (Å²) in [6, 6.07) is 9.86. The molecule has 104 valence electrons. The highest BCUT2D eigenvalue weighted by molar-refractivity contribution is 9.10. The minimum atomic E-state index is -0.414. The molecule has 4 nitrogen and oxygen atoms in total. The van der Waals surface area contributed by atoms with E-state index in [-0.39, 0.29) is 5.69 Å². The van der Waals surface area contributed by atoms with Crippen molar-refractivity contribution in [1.82, 2.24) is 0 Å². The minimum Gasteiger partial charge on any atom is -0.456 e. The molecule has 0 saturated carbocycles. The first-order valence-corrected chi connectivity index (χ1v) is 7.86. The molecule has 0 aliphatic heterocycles. The molecule has 0 saturated heterocycles. The molecule has 0 aromatic heterocycles. The molecule has 0 unspecified atom stereocenters. The van der Waals surface area contributed by atoms with Gasteiger partial charge in [0.2, 0.25) is 0 Å². The number of hydrogen-bond acceptors (Lipinski definition) is 4. The Kier molecular flexibility index (Phi) is 4.91. The summed E-state index contributed by atoms with van der Waals surface area (Å²) in [5, 5.41) is 11.3. The maximum Gasteiger partial charge on any atom is 0.283 e. The van der Waals surface area contributed by atoms with Crippen LogP contribution in [0, 0.1) is 10.1 Å². The van der Waals surface area contributed by atoms with Crippen LogP contribution in [-0.2, 0) is 0 Å². The third kappa shape index (κ3) is 3.45. The largest absolute Gasteiger partial charge is 0.456 e. The molecule has 0 heterocycles. The van der Waals surface area contributed by atoms with Crippen LogP contribution in [0.4, 0.5) is 5.69 Å². The maximum absolute atomic E-state index is 10.9. The number of rotatable bonds is 4. The molecule has 0 amide bonds. The lowest BCUT2D eigenvalue weighted by atomic mass is 10.3. The number of nitro benzene ring substituents is 1. The van der Waals surface area contributed by atoms with Gasteiger partial charge in [-0.2, -0.15) is 0 Å². The van der Waals surface area contributed by atoms with Crippen molar-refractivity contribution in [3.05, 3.63) is 56.0 Å². The zero-order valence-corrected chi connectivity index (χ0v) is 13.5. The van der Waals surface area contributed by atoms with Gasteiger partial charge in [0, 0.05) is 16.6 Å². The zero-order chi connectivity index (χ0) is 14.7. The van der Waals surface area contributed by atoms with Crippen molar-refractivity contribution in [2.75, 3.05) is 6.26 Å². The van der Waals surface area contributed by atoms with Crippen molar-refractivity contribution in [2.24, 2.45) is 0 Å². The van der Waals surface area contributed by atoms with Crippen molar-refractivity contribution >= 4 is 45.0 Å². The van der Waals surface area contributed by atoms with Gasteiger partial charge in [0.25, 0.3) is 5.69 Å². The fourth-order valence-electron chi connectivity index (χ4n) is 1.56. The predicted molar refractivity (Wildman–Crippen MR) is 84.1 cm³/mol. The van der Waals surface area contributed by atoms with Crippen LogP contribution in [0.5, 0.6) is 11.5 Å². The van der Waals surface area contributed by atoms with E-state index in [4.69, 9.17) is 16.3 Å². The number of ether oxygens (including phenoxy) is 1. The van der Waals surface area contributed by atoms with E-state index in [9.17, 15) is 10.1 Å². The molecule has 2 aromatic rings. The van der Waals surface area contributed by atoms with Crippen molar-refractivity contribution in [2.45, 2.75) is 4.90 Å². The lowest BCUT2D eigenvalue weighted by Gasteiger charge is -2.09. The Bertz CT molecular complexity index is 666. The molecular weight excluding hydrogens is 366 g/mol. The zero-order valence-electron chi connectivity index (χ0n) is 10.3. The van der Waals surface area contributed by atoms with E-state index < -0.39 is 4.92 Å². The van der Waals surface area contributed by atoms with Crippen LogP contribution in [0.1, 0.15) is 0 Å². The monoisotopic (exact) mass is 373 g/mol. The summed E-state index contributed by atoms with van der Waals surface area (Å²) >= 11 is 10.7. The van der Waals surface area contributed by atoms with Crippen LogP contribution in [-0.4, -0.2) is 11.2 Å². The van der Waals surface area contributed by atoms with Gasteiger partial charge in [0.1, 0.15) is 11.5 Å². The fraction of sp³-hybridized carbons (Fsp3) is 0.0769. The molecule has 7 heteroatoms. The Balaban J connectivity index is 2.32. The molecule has 0 aliphatic rings. The molecule has 0 N–H and O–H groups in total. The van der Waals surface area contributed by atoms with Crippen LogP contribution in [0.2, 0.25) is 5.02 Å². The lowest BCUT2D eigenvalue weighted by Crippen LogP contribution is -1.92. The Morgan fingerprint density at radius 2 is 2.05 bits per heavy atom. The van der Waals surface area contributed by atoms with E-state index in [1.165, 1.54) is 17.8 Å². The van der Waals surface area contributed by atoms with Gasteiger partial charge in [-0.05, 0) is 30.5 Å². The molecule has 0 spiro atoms. The summed E-state index contributed by atoms with van der Waals surface area (Å²) in [4.78, 5) is 11.0. The predicted octanol–water partition coefficient (Wildman–Crippen LogP) is 5.52. The first-order valence-electron chi connectivity index (χ1n) is 5.46. The number of halogens is 2. The highest BCUT2D eigenvalue weighted by atomic mass is 79.9. The highest BCUT2D eigenvalue weighted by Gasteiger charge is 2.14. The van der Waals surface area contributed by atoms with E-state index in [1.807, 2.05) is 6.07 Å². The second-order valence-electron chi connectivity index (χ2n) is 3.77. The smallest absolute Gasteiger partial charge is 0.283 e. The van der Waals surface area contributed by atoms with Crippen LogP contribution in [0.3, 0.4) is 0 Å². The molecule has 2 rings (SSSR count). The quantitative estimate of drug-likeness (QED) is 0.401.